The molecule has 50 heavy (non-hydrogen) atoms. The van der Waals surface area contributed by atoms with Crippen molar-refractivity contribution in [1.82, 2.24) is 15.1 Å². The van der Waals surface area contributed by atoms with Crippen LogP contribution in [0.15, 0.2) is 22.7 Å². The van der Waals surface area contributed by atoms with E-state index in [0.29, 0.717) is 17.9 Å². The summed E-state index contributed by atoms with van der Waals surface area (Å²) >= 11 is 0. The Morgan fingerprint density at radius 2 is 1.38 bits per heavy atom. The van der Waals surface area contributed by atoms with Crippen LogP contribution < -0.4 is 10.1 Å². The molecule has 0 saturated heterocycles. The van der Waals surface area contributed by atoms with Gasteiger partial charge >= 0.3 is 0 Å². The van der Waals surface area contributed by atoms with Crippen LogP contribution in [0.3, 0.4) is 0 Å². The van der Waals surface area contributed by atoms with Crippen LogP contribution in [0.1, 0.15) is 180 Å². The maximum Gasteiger partial charge on any atom is 0.233 e. The van der Waals surface area contributed by atoms with E-state index >= 15 is 0 Å². The minimum Gasteiger partial charge on any atom is -0.476 e. The molecule has 1 aromatic heterocycles. The summed E-state index contributed by atoms with van der Waals surface area (Å²) < 4.78 is 8.98. The van der Waals surface area contributed by atoms with Crippen molar-refractivity contribution in [2.24, 2.45) is 58.3 Å². The molecule has 5 nitrogen and oxygen atoms in total. The van der Waals surface area contributed by atoms with Gasteiger partial charge in [0, 0.05) is 31.3 Å². The topological polar surface area (TPSA) is 51.4 Å². The van der Waals surface area contributed by atoms with Crippen LogP contribution in [0.5, 0.6) is 5.88 Å². The molecule has 6 aliphatic rings. The lowest BCUT2D eigenvalue weighted by atomic mass is 9.63. The Kier molecular flexibility index (Phi) is 12.7. The molecule has 5 heteroatoms. The molecule has 280 valence electrons. The normalized spacial score (nSPS) is 37.8. The first kappa shape index (κ1) is 36.6. The van der Waals surface area contributed by atoms with Gasteiger partial charge < -0.3 is 10.1 Å². The smallest absolute Gasteiger partial charge is 0.233 e. The van der Waals surface area contributed by atoms with Crippen molar-refractivity contribution in [2.45, 2.75) is 174 Å². The van der Waals surface area contributed by atoms with E-state index in [-0.39, 0.29) is 0 Å². The summed E-state index contributed by atoms with van der Waals surface area (Å²) in [6.07, 6.45) is 32.8. The molecule has 0 bridgehead atoms. The fourth-order valence-electron chi connectivity index (χ4n) is 12.0. The minimum atomic E-state index is 0.584. The number of hydrogen-bond donors (Lipinski definition) is 1. The monoisotopic (exact) mass is 687 g/mol. The van der Waals surface area contributed by atoms with Crippen molar-refractivity contribution in [1.29, 1.82) is 0 Å². The largest absolute Gasteiger partial charge is 0.476 e. The van der Waals surface area contributed by atoms with E-state index in [9.17, 15) is 0 Å². The van der Waals surface area contributed by atoms with E-state index in [4.69, 9.17) is 9.84 Å². The van der Waals surface area contributed by atoms with E-state index in [2.05, 4.69) is 47.9 Å². The number of ether oxygens (including phenoxy) is 1. The van der Waals surface area contributed by atoms with Gasteiger partial charge in [-0.3, -0.25) is 9.67 Å². The second-order valence-corrected chi connectivity index (χ2v) is 18.8. The summed E-state index contributed by atoms with van der Waals surface area (Å²) in [6.45, 7) is 9.47. The zero-order valence-corrected chi connectivity index (χ0v) is 32.7. The molecule has 7 rings (SSSR count). The van der Waals surface area contributed by atoms with Gasteiger partial charge in [0.05, 0.1) is 12.6 Å². The van der Waals surface area contributed by atoms with Gasteiger partial charge in [-0.1, -0.05) is 71.3 Å². The number of amidine groups is 1. The van der Waals surface area contributed by atoms with E-state index in [1.807, 2.05) is 7.05 Å². The molecule has 0 radical (unpaired) electrons. The molecule has 5 aliphatic carbocycles. The van der Waals surface area contributed by atoms with E-state index < -0.39 is 0 Å². The lowest BCUT2D eigenvalue weighted by molar-refractivity contribution is 0.117. The maximum absolute atomic E-state index is 6.49. The number of hydrogen-bond acceptors (Lipinski definition) is 3. The lowest BCUT2D eigenvalue weighted by Crippen LogP contribution is -2.32. The average molecular weight is 687 g/mol. The Hall–Kier alpha value is -1.78. The van der Waals surface area contributed by atoms with Gasteiger partial charge in [0.15, 0.2) is 0 Å². The predicted octanol–water partition coefficient (Wildman–Crippen LogP) is 11.7. The van der Waals surface area contributed by atoms with Crippen LogP contribution in [0.25, 0.3) is 0 Å². The summed E-state index contributed by atoms with van der Waals surface area (Å²) in [5.41, 5.74) is 3.29. The molecule has 0 spiro atoms. The Labute approximate surface area is 306 Å². The van der Waals surface area contributed by atoms with Crippen molar-refractivity contribution < 1.29 is 4.74 Å². The minimum absolute atomic E-state index is 0.584. The van der Waals surface area contributed by atoms with Gasteiger partial charge in [0.1, 0.15) is 5.84 Å². The number of nitrogens with one attached hydrogen (secondary N) is 1. The van der Waals surface area contributed by atoms with Crippen LogP contribution >= 0.6 is 0 Å². The van der Waals surface area contributed by atoms with Gasteiger partial charge in [-0.25, -0.2) is 0 Å². The molecule has 1 aliphatic heterocycles. The summed E-state index contributed by atoms with van der Waals surface area (Å²) in [4.78, 5) is 4.63. The summed E-state index contributed by atoms with van der Waals surface area (Å²) in [5, 5.41) is 8.88. The molecule has 1 N–H and O–H groups in total. The van der Waals surface area contributed by atoms with Crippen molar-refractivity contribution in [2.75, 3.05) is 20.2 Å². The third-order valence-electron chi connectivity index (χ3n) is 15.5. The summed E-state index contributed by atoms with van der Waals surface area (Å²) in [7, 11) is 1.97. The number of rotatable bonds is 9. The third-order valence-corrected chi connectivity index (χ3v) is 15.5. The van der Waals surface area contributed by atoms with E-state index in [1.54, 1.807) is 5.57 Å². The van der Waals surface area contributed by atoms with Crippen molar-refractivity contribution in [3.8, 4) is 5.88 Å². The van der Waals surface area contributed by atoms with Crippen LogP contribution in [-0.2, 0) is 0 Å². The van der Waals surface area contributed by atoms with E-state index in [1.165, 1.54) is 147 Å². The summed E-state index contributed by atoms with van der Waals surface area (Å²) in [6, 6.07) is 2.98. The van der Waals surface area contributed by atoms with Crippen LogP contribution in [-0.4, -0.2) is 35.8 Å². The first-order chi connectivity index (χ1) is 24.4. The van der Waals surface area contributed by atoms with Gasteiger partial charge in [0.2, 0.25) is 5.88 Å². The van der Waals surface area contributed by atoms with Crippen molar-refractivity contribution >= 4 is 5.84 Å². The van der Waals surface area contributed by atoms with Crippen molar-refractivity contribution in [3.05, 3.63) is 23.4 Å². The van der Waals surface area contributed by atoms with Gasteiger partial charge in [0.25, 0.3) is 0 Å². The lowest BCUT2D eigenvalue weighted by Gasteiger charge is -2.42. The molecular weight excluding hydrogens is 613 g/mol. The quantitative estimate of drug-likeness (QED) is 0.281. The fraction of sp³-hybridized carbons (Fsp3) is 0.867. The molecule has 0 aromatic carbocycles. The molecule has 2 heterocycles. The van der Waals surface area contributed by atoms with Crippen LogP contribution in [0, 0.1) is 53.3 Å². The number of allylic oxidation sites excluding steroid dienone is 1. The zero-order valence-electron chi connectivity index (χ0n) is 32.7. The summed E-state index contributed by atoms with van der Waals surface area (Å²) in [5.74, 6) is 10.3. The van der Waals surface area contributed by atoms with E-state index in [0.717, 1.165) is 72.2 Å². The highest BCUT2D eigenvalue weighted by Crippen LogP contribution is 2.49. The fourth-order valence-corrected chi connectivity index (χ4v) is 12.0. The average Bonchev–Trinajstić information content (AvgIpc) is 3.47. The zero-order chi connectivity index (χ0) is 34.5. The molecule has 5 fully saturated rings. The first-order valence-electron chi connectivity index (χ1n) is 22.1. The van der Waals surface area contributed by atoms with Gasteiger partial charge in [-0.2, -0.15) is 0 Å². The predicted molar refractivity (Wildman–Crippen MR) is 209 cm³/mol. The number of aliphatic imine (C=N–C) groups is 1. The number of aromatic nitrogens is 2. The molecular formula is C45H74N4O. The van der Waals surface area contributed by atoms with Crippen molar-refractivity contribution in [3.63, 3.8) is 0 Å². The SMILES string of the molecule is CN=C1C=C(C2CCC(C)CC2)C(C2CCC(C(C)C3CCC(c4cc(OCC5CCC(C)CC5)nn4C4CCCCC4)CC3)CC2)CCN1. The first-order valence-corrected chi connectivity index (χ1v) is 22.1. The Morgan fingerprint density at radius 3 is 2.04 bits per heavy atom. The highest BCUT2D eigenvalue weighted by Gasteiger charge is 2.38. The highest BCUT2D eigenvalue weighted by molar-refractivity contribution is 5.93. The molecule has 2 atom stereocenters. The molecule has 5 saturated carbocycles. The Morgan fingerprint density at radius 1 is 0.760 bits per heavy atom. The molecule has 1 aromatic rings. The second-order valence-electron chi connectivity index (χ2n) is 18.8. The van der Waals surface area contributed by atoms with Gasteiger partial charge in [-0.05, 0) is 156 Å². The molecule has 2 unspecified atom stereocenters. The van der Waals surface area contributed by atoms with Crippen LogP contribution in [0.2, 0.25) is 0 Å². The van der Waals surface area contributed by atoms with Gasteiger partial charge in [-0.15, -0.1) is 5.10 Å². The highest BCUT2D eigenvalue weighted by atomic mass is 16.5. The standard InChI is InChI=1S/C45H74N4O/c1-31-10-14-34(15-11-31)30-50-45-29-43(49(48-45)40-8-6-5-7-9-40)39-24-20-36(21-25-39)33(3)35-18-22-37(23-19-35)41-26-27-47-44(46-4)28-42(41)38-16-12-32(2)13-17-38/h28-29,31-41H,5-27,30H2,1-4H3,(H,46,47). The maximum atomic E-state index is 6.49. The Bertz CT molecular complexity index is 1240. The number of nitrogens with zero attached hydrogens (tertiary/aromatic N) is 3. The van der Waals surface area contributed by atoms with Crippen LogP contribution in [0.4, 0.5) is 0 Å². The third kappa shape index (κ3) is 8.87. The second kappa shape index (κ2) is 17.4. The Balaban J connectivity index is 0.939. The molecule has 0 amide bonds.